The molecule has 0 saturated heterocycles. The van der Waals surface area contributed by atoms with Crippen molar-refractivity contribution in [2.75, 3.05) is 0 Å². The number of nitrogens with zero attached hydrogens (tertiary/aromatic N) is 4. The van der Waals surface area contributed by atoms with Crippen LogP contribution in [0.3, 0.4) is 0 Å². The Morgan fingerprint density at radius 2 is 0.871 bits per heavy atom. The summed E-state index contributed by atoms with van der Waals surface area (Å²) < 4.78 is 152. The largest absolute Gasteiger partial charge is 0.473 e. The highest BCUT2D eigenvalue weighted by atomic mass is 79.9. The fraction of sp³-hybridized carbons (Fsp3) is 0.167. The fourth-order valence-corrected chi connectivity index (χ4v) is 14.2. The van der Waals surface area contributed by atoms with E-state index in [-0.39, 0.29) is 62.4 Å². The van der Waals surface area contributed by atoms with Crippen LogP contribution in [0, 0.1) is 0 Å². The quantitative estimate of drug-likeness (QED) is 0.0652. The van der Waals surface area contributed by atoms with Crippen LogP contribution in [0.25, 0.3) is 11.1 Å². The van der Waals surface area contributed by atoms with Crippen LogP contribution >= 0.6 is 63.7 Å². The van der Waals surface area contributed by atoms with E-state index in [0.29, 0.717) is 0 Å². The summed E-state index contributed by atoms with van der Waals surface area (Å²) in [6.45, 7) is 0. The maximum atomic E-state index is 13.7. The Bertz CT molecular complexity index is 2740. The zero-order chi connectivity index (χ0) is 46.1. The summed E-state index contributed by atoms with van der Waals surface area (Å²) in [7, 11) is -10.7. The molecule has 2 aliphatic rings. The van der Waals surface area contributed by atoms with Crippen molar-refractivity contribution in [1.29, 1.82) is 0 Å². The number of rotatable bonds is 5. The average Bonchev–Trinajstić information content (AvgIpc) is 3.16. The lowest BCUT2D eigenvalue weighted by molar-refractivity contribution is -0.169. The van der Waals surface area contributed by atoms with Gasteiger partial charge in [0.1, 0.15) is 0 Å². The molecule has 0 bridgehead atoms. The Kier molecular flexibility index (Phi) is 12.5. The van der Waals surface area contributed by atoms with Crippen LogP contribution in [-0.4, -0.2) is 73.0 Å². The highest BCUT2D eigenvalue weighted by Crippen LogP contribution is 2.54. The highest BCUT2D eigenvalue weighted by molar-refractivity contribution is 9.11. The summed E-state index contributed by atoms with van der Waals surface area (Å²) in [6.07, 6.45) is -12.7. The van der Waals surface area contributed by atoms with E-state index in [9.17, 15) is 61.9 Å². The lowest BCUT2D eigenvalue weighted by Crippen LogP contribution is -2.47. The lowest BCUT2D eigenvalue weighted by atomic mass is 9.75. The highest BCUT2D eigenvalue weighted by Gasteiger charge is 2.57. The van der Waals surface area contributed by atoms with Gasteiger partial charge in [-0.05, 0) is 46.5 Å². The SMILES string of the molecule is NN=C1CC(c2c(Br)cc(-c3cc(Br)c(C4(S(=O)(=O)O)CC(=NN)C(=NC(=O)C(F)(F)F)c5ccccc54)c(Br)c3)cc2Br)(S(=O)(=O)O)c2ccccc2C1=NC(=O)C(F)(F)F. The molecular weight excluding hydrogens is 1140 g/mol. The van der Waals surface area contributed by atoms with Crippen molar-refractivity contribution in [3.8, 4) is 11.1 Å². The van der Waals surface area contributed by atoms with Crippen LogP contribution in [0.2, 0.25) is 0 Å². The molecule has 0 fully saturated rings. The first-order chi connectivity index (χ1) is 28.6. The van der Waals surface area contributed by atoms with E-state index >= 15 is 0 Å². The first-order valence-corrected chi connectivity index (χ1v) is 22.8. The summed E-state index contributed by atoms with van der Waals surface area (Å²) in [5, 5.41) is 6.94. The minimum absolute atomic E-state index is 0.0339. The number of aliphatic imine (C=N–C) groups is 2. The molecule has 0 heterocycles. The Morgan fingerprint density at radius 1 is 0.581 bits per heavy atom. The number of hydrogen-bond donors (Lipinski definition) is 4. The molecule has 2 amide bonds. The van der Waals surface area contributed by atoms with E-state index in [1.54, 1.807) is 0 Å². The van der Waals surface area contributed by atoms with Crippen molar-refractivity contribution in [2.45, 2.75) is 34.7 Å². The summed E-state index contributed by atoms with van der Waals surface area (Å²) in [6, 6.07) is 15.6. The molecule has 326 valence electrons. The number of fused-ring (bicyclic) bond motifs is 2. The number of halogens is 10. The van der Waals surface area contributed by atoms with Crippen LogP contribution in [0.4, 0.5) is 26.3 Å². The first-order valence-electron chi connectivity index (χ1n) is 16.7. The molecular formula is C36H22Br4F6N6O8S2. The number of nitrogens with two attached hydrogens (primary N) is 2. The van der Waals surface area contributed by atoms with Gasteiger partial charge in [0.2, 0.25) is 0 Å². The zero-order valence-electron chi connectivity index (χ0n) is 30.2. The van der Waals surface area contributed by atoms with Gasteiger partial charge >= 0.3 is 24.2 Å². The molecule has 14 nitrogen and oxygen atoms in total. The maximum Gasteiger partial charge on any atom is 0.473 e. The predicted molar refractivity (Wildman–Crippen MR) is 228 cm³/mol. The fourth-order valence-electron chi connectivity index (χ4n) is 7.43. The number of benzene rings is 4. The van der Waals surface area contributed by atoms with E-state index in [0.717, 1.165) is 12.1 Å². The normalized spacial score (nSPS) is 22.2. The molecule has 0 aromatic heterocycles. The Labute approximate surface area is 379 Å². The van der Waals surface area contributed by atoms with E-state index in [1.165, 1.54) is 60.7 Å². The molecule has 6 rings (SSSR count). The third-order valence-corrected chi connectivity index (χ3v) is 15.3. The van der Waals surface area contributed by atoms with Gasteiger partial charge in [0.15, 0.2) is 9.49 Å². The number of hydrazone groups is 2. The monoisotopic (exact) mass is 1160 g/mol. The molecule has 6 N–H and O–H groups in total. The van der Waals surface area contributed by atoms with Crippen molar-refractivity contribution in [2.24, 2.45) is 31.9 Å². The Hall–Kier alpha value is -4.18. The summed E-state index contributed by atoms with van der Waals surface area (Å²) in [4.78, 5) is 30.3. The molecule has 0 aliphatic heterocycles. The molecule has 4 aromatic carbocycles. The van der Waals surface area contributed by atoms with Gasteiger partial charge in [-0.1, -0.05) is 112 Å². The summed E-state index contributed by atoms with van der Waals surface area (Å²) in [5.41, 5.74) is -3.68. The molecule has 4 aromatic rings. The van der Waals surface area contributed by atoms with Crippen molar-refractivity contribution < 1.29 is 61.9 Å². The van der Waals surface area contributed by atoms with Gasteiger partial charge in [0, 0.05) is 53.0 Å². The second-order valence-corrected chi connectivity index (χ2v) is 20.1. The zero-order valence-corrected chi connectivity index (χ0v) is 38.2. The van der Waals surface area contributed by atoms with E-state index < -0.39 is 89.6 Å². The van der Waals surface area contributed by atoms with Crippen LogP contribution < -0.4 is 11.7 Å². The molecule has 0 radical (unpaired) electrons. The molecule has 0 spiro atoms. The third-order valence-electron chi connectivity index (χ3n) is 9.94. The van der Waals surface area contributed by atoms with E-state index in [1.807, 2.05) is 0 Å². The first kappa shape index (κ1) is 47.3. The number of carbonyl (C=O) groups is 2. The average molecular weight is 1160 g/mol. The van der Waals surface area contributed by atoms with E-state index in [2.05, 4.69) is 83.9 Å². The Balaban J connectivity index is 1.56. The minimum atomic E-state index is -5.42. The van der Waals surface area contributed by atoms with Gasteiger partial charge < -0.3 is 11.7 Å². The second kappa shape index (κ2) is 16.4. The maximum absolute atomic E-state index is 13.7. The second-order valence-electron chi connectivity index (χ2n) is 13.4. The van der Waals surface area contributed by atoms with Gasteiger partial charge in [-0.25, -0.2) is 9.98 Å². The van der Waals surface area contributed by atoms with Crippen molar-refractivity contribution >= 4 is 119 Å². The topological polar surface area (TPSA) is 244 Å². The molecule has 62 heavy (non-hydrogen) atoms. The number of amides is 2. The third kappa shape index (κ3) is 7.89. The standard InChI is InChI=1S/C36H22Br4F6N6O8S2/c37-21-9-15(10-22(38)27(21)33(61(55,56)57)13-25(51-47)29(49-31(53)35(41,42)43)17-5-1-3-7-19(17)33)16-11-23(39)28(24(40)12-16)34(62(58,59)60)14-26(52-48)30(50-32(54)36(44,45)46)18-6-2-4-8-20(18)34/h1-12H,13-14,47-48H2,(H,55,56,57)(H,58,59,60). The van der Waals surface area contributed by atoms with Crippen LogP contribution in [0.15, 0.2) is 111 Å². The number of alkyl halides is 6. The predicted octanol–water partition coefficient (Wildman–Crippen LogP) is 7.86. The van der Waals surface area contributed by atoms with Crippen LogP contribution in [-0.2, 0) is 39.3 Å². The van der Waals surface area contributed by atoms with E-state index in [4.69, 9.17) is 11.7 Å². The van der Waals surface area contributed by atoms with Crippen LogP contribution in [0.1, 0.15) is 46.2 Å². The van der Waals surface area contributed by atoms with Crippen molar-refractivity contribution in [1.82, 2.24) is 0 Å². The Morgan fingerprint density at radius 3 is 1.13 bits per heavy atom. The molecule has 26 heteroatoms. The molecule has 2 unspecified atom stereocenters. The minimum Gasteiger partial charge on any atom is -0.323 e. The van der Waals surface area contributed by atoms with Gasteiger partial charge in [0.25, 0.3) is 20.2 Å². The van der Waals surface area contributed by atoms with Gasteiger partial charge in [-0.15, -0.1) is 0 Å². The molecule has 0 saturated carbocycles. The van der Waals surface area contributed by atoms with Gasteiger partial charge in [-0.3, -0.25) is 18.7 Å². The summed E-state index contributed by atoms with van der Waals surface area (Å²) >= 11 is 13.5. The van der Waals surface area contributed by atoms with Crippen molar-refractivity contribution in [3.63, 3.8) is 0 Å². The van der Waals surface area contributed by atoms with Crippen LogP contribution in [0.5, 0.6) is 0 Å². The van der Waals surface area contributed by atoms with Crippen molar-refractivity contribution in [3.05, 3.63) is 124 Å². The lowest BCUT2D eigenvalue weighted by Gasteiger charge is -2.39. The van der Waals surface area contributed by atoms with Gasteiger partial charge in [0.05, 0.1) is 22.8 Å². The number of carbonyl (C=O) groups excluding carboxylic acids is 2. The van der Waals surface area contributed by atoms with Gasteiger partial charge in [-0.2, -0.15) is 53.4 Å². The summed E-state index contributed by atoms with van der Waals surface area (Å²) in [5.74, 6) is 6.03. The molecule has 2 aliphatic carbocycles. The smallest absolute Gasteiger partial charge is 0.323 e. The number of hydrogen-bond acceptors (Lipinski definition) is 10. The molecule has 2 atom stereocenters.